The highest BCUT2D eigenvalue weighted by Gasteiger charge is 2.25. The lowest BCUT2D eigenvalue weighted by Gasteiger charge is -2.13. The fraction of sp³-hybridized carbons (Fsp3) is 0.333. The minimum absolute atomic E-state index is 0.123. The fourth-order valence-corrected chi connectivity index (χ4v) is 4.31. The number of carboxylic acids is 1. The molecule has 0 saturated carbocycles. The van der Waals surface area contributed by atoms with Crippen LogP contribution in [0.1, 0.15) is 24.0 Å². The summed E-state index contributed by atoms with van der Waals surface area (Å²) in [5, 5.41) is 9.33. The van der Waals surface area contributed by atoms with Crippen LogP contribution in [0.15, 0.2) is 54.9 Å². The summed E-state index contributed by atoms with van der Waals surface area (Å²) in [5.74, 6) is -2.38. The molecule has 5 nitrogen and oxygen atoms in total. The Morgan fingerprint density at radius 2 is 1.71 bits per heavy atom. The largest absolute Gasteiger partial charge is 0.481 e. The second-order valence-electron chi connectivity index (χ2n) is 5.82. The summed E-state index contributed by atoms with van der Waals surface area (Å²) in [7, 11) is -3.46. The monoisotopic (exact) mass is 347 g/mol. The molecule has 128 valence electrons. The van der Waals surface area contributed by atoms with Gasteiger partial charge in [-0.25, -0.2) is 8.42 Å². The van der Waals surface area contributed by atoms with Crippen LogP contribution in [0.25, 0.3) is 0 Å². The van der Waals surface area contributed by atoms with E-state index >= 15 is 0 Å². The van der Waals surface area contributed by atoms with E-state index in [1.807, 2.05) is 18.2 Å². The molecule has 0 aliphatic rings. The number of hydrogen-bond donors (Lipinski definition) is 1. The lowest BCUT2D eigenvalue weighted by molar-refractivity contribution is -0.141. The van der Waals surface area contributed by atoms with Crippen molar-refractivity contribution in [2.24, 2.45) is 5.92 Å². The van der Waals surface area contributed by atoms with Crippen LogP contribution in [-0.4, -0.2) is 30.2 Å². The third-order valence-electron chi connectivity index (χ3n) is 3.80. The van der Waals surface area contributed by atoms with Gasteiger partial charge in [0.25, 0.3) is 0 Å². The van der Waals surface area contributed by atoms with Gasteiger partial charge in [0.1, 0.15) is 0 Å². The maximum Gasteiger partial charge on any atom is 0.307 e. The van der Waals surface area contributed by atoms with Crippen molar-refractivity contribution in [3.8, 4) is 0 Å². The van der Waals surface area contributed by atoms with Crippen LogP contribution in [0.4, 0.5) is 0 Å². The highest BCUT2D eigenvalue weighted by Crippen LogP contribution is 2.16. The van der Waals surface area contributed by atoms with Gasteiger partial charge >= 0.3 is 5.97 Å². The quantitative estimate of drug-likeness (QED) is 0.754. The minimum Gasteiger partial charge on any atom is -0.481 e. The van der Waals surface area contributed by atoms with Crippen molar-refractivity contribution in [1.82, 2.24) is 4.98 Å². The number of pyridine rings is 1. The predicted molar refractivity (Wildman–Crippen MR) is 92.2 cm³/mol. The molecular weight excluding hydrogens is 326 g/mol. The SMILES string of the molecule is O=C(O)[C@@H](CCCc1ccncc1)CS(=O)(=O)Cc1ccccc1. The number of aliphatic carboxylic acids is 1. The summed E-state index contributed by atoms with van der Waals surface area (Å²) >= 11 is 0. The molecule has 2 aromatic rings. The van der Waals surface area contributed by atoms with Gasteiger partial charge in [0.05, 0.1) is 17.4 Å². The minimum atomic E-state index is -3.46. The first-order valence-corrected chi connectivity index (χ1v) is 9.64. The summed E-state index contributed by atoms with van der Waals surface area (Å²) in [5.41, 5.74) is 1.75. The fourth-order valence-electron chi connectivity index (χ4n) is 2.57. The molecule has 24 heavy (non-hydrogen) atoms. The van der Waals surface area contributed by atoms with E-state index in [-0.39, 0.29) is 11.5 Å². The van der Waals surface area contributed by atoms with Crippen LogP contribution in [0.2, 0.25) is 0 Å². The van der Waals surface area contributed by atoms with Gasteiger partial charge in [0, 0.05) is 12.4 Å². The Hall–Kier alpha value is -2.21. The predicted octanol–water partition coefficient (Wildman–Crippen LogP) is 2.72. The molecule has 0 radical (unpaired) electrons. The van der Waals surface area contributed by atoms with Crippen molar-refractivity contribution in [2.75, 3.05) is 5.75 Å². The van der Waals surface area contributed by atoms with Crippen molar-refractivity contribution in [2.45, 2.75) is 25.0 Å². The lowest BCUT2D eigenvalue weighted by Crippen LogP contribution is -2.25. The molecule has 6 heteroatoms. The number of nitrogens with zero attached hydrogens (tertiary/aromatic N) is 1. The van der Waals surface area contributed by atoms with Crippen LogP contribution >= 0.6 is 0 Å². The number of aromatic nitrogens is 1. The van der Waals surface area contributed by atoms with E-state index in [4.69, 9.17) is 0 Å². The van der Waals surface area contributed by atoms with Gasteiger partial charge in [0.2, 0.25) is 0 Å². The number of carboxylic acid groups (broad SMARTS) is 1. The number of carbonyl (C=O) groups is 1. The molecular formula is C18H21NO4S. The molecule has 2 rings (SSSR count). The lowest BCUT2D eigenvalue weighted by atomic mass is 10.0. The van der Waals surface area contributed by atoms with E-state index < -0.39 is 21.7 Å². The Morgan fingerprint density at radius 1 is 1.04 bits per heavy atom. The normalized spacial score (nSPS) is 12.7. The molecule has 0 aliphatic carbocycles. The van der Waals surface area contributed by atoms with Gasteiger partial charge in [0.15, 0.2) is 9.84 Å². The third-order valence-corrected chi connectivity index (χ3v) is 5.48. The van der Waals surface area contributed by atoms with Gasteiger partial charge < -0.3 is 5.11 Å². The highest BCUT2D eigenvalue weighted by atomic mass is 32.2. The average Bonchev–Trinajstić information content (AvgIpc) is 2.55. The summed E-state index contributed by atoms with van der Waals surface area (Å²) in [6.45, 7) is 0. The van der Waals surface area contributed by atoms with E-state index in [0.717, 1.165) is 5.56 Å². The first-order chi connectivity index (χ1) is 11.5. The first-order valence-electron chi connectivity index (χ1n) is 7.82. The number of hydrogen-bond acceptors (Lipinski definition) is 4. The molecule has 1 heterocycles. The number of sulfone groups is 1. The Kier molecular flexibility index (Phi) is 6.49. The second-order valence-corrected chi connectivity index (χ2v) is 7.93. The van der Waals surface area contributed by atoms with Gasteiger partial charge in [-0.05, 0) is 42.5 Å². The van der Waals surface area contributed by atoms with Crippen LogP contribution < -0.4 is 0 Å². The van der Waals surface area contributed by atoms with Crippen molar-refractivity contribution in [3.05, 3.63) is 66.0 Å². The molecule has 1 N–H and O–H groups in total. The van der Waals surface area contributed by atoms with Crippen molar-refractivity contribution < 1.29 is 18.3 Å². The molecule has 1 atom stereocenters. The van der Waals surface area contributed by atoms with Crippen molar-refractivity contribution in [1.29, 1.82) is 0 Å². The standard InChI is InChI=1S/C18H21NO4S/c20-18(21)17(8-4-7-15-9-11-19-12-10-15)14-24(22,23)13-16-5-2-1-3-6-16/h1-3,5-6,9-12,17H,4,7-8,13-14H2,(H,20,21)/t17-/m0/s1. The smallest absolute Gasteiger partial charge is 0.307 e. The van der Waals surface area contributed by atoms with Crippen LogP contribution in [0, 0.1) is 5.92 Å². The van der Waals surface area contributed by atoms with E-state index in [1.54, 1.807) is 36.7 Å². The molecule has 0 aliphatic heterocycles. The number of benzene rings is 1. The zero-order valence-corrected chi connectivity index (χ0v) is 14.2. The van der Waals surface area contributed by atoms with Gasteiger partial charge in [-0.1, -0.05) is 30.3 Å². The topological polar surface area (TPSA) is 84.3 Å². The summed E-state index contributed by atoms with van der Waals surface area (Å²) < 4.78 is 24.6. The maximum atomic E-state index is 12.3. The molecule has 0 amide bonds. The van der Waals surface area contributed by atoms with E-state index in [0.29, 0.717) is 24.8 Å². The van der Waals surface area contributed by atoms with Crippen LogP contribution in [0.5, 0.6) is 0 Å². The van der Waals surface area contributed by atoms with Gasteiger partial charge in [-0.2, -0.15) is 0 Å². The zero-order chi connectivity index (χ0) is 17.4. The second kappa shape index (κ2) is 8.59. The van der Waals surface area contributed by atoms with E-state index in [2.05, 4.69) is 4.98 Å². The summed E-state index contributed by atoms with van der Waals surface area (Å²) in [4.78, 5) is 15.3. The molecule has 0 unspecified atom stereocenters. The Balaban J connectivity index is 1.91. The first kappa shape index (κ1) is 18.1. The number of rotatable bonds is 9. The molecule has 0 saturated heterocycles. The molecule has 0 fully saturated rings. The van der Waals surface area contributed by atoms with E-state index in [1.165, 1.54) is 0 Å². The summed E-state index contributed by atoms with van der Waals surface area (Å²) in [6, 6.07) is 12.6. The van der Waals surface area contributed by atoms with Crippen molar-refractivity contribution in [3.63, 3.8) is 0 Å². The molecule has 0 bridgehead atoms. The third kappa shape index (κ3) is 6.12. The summed E-state index contributed by atoms with van der Waals surface area (Å²) in [6.07, 6.45) is 5.06. The Morgan fingerprint density at radius 3 is 2.33 bits per heavy atom. The molecule has 1 aromatic carbocycles. The van der Waals surface area contributed by atoms with Gasteiger partial charge in [-0.15, -0.1) is 0 Å². The maximum absolute atomic E-state index is 12.3. The molecule has 1 aromatic heterocycles. The van der Waals surface area contributed by atoms with Gasteiger partial charge in [-0.3, -0.25) is 9.78 Å². The Bertz CT molecular complexity index is 745. The molecule has 0 spiro atoms. The Labute approximate surface area is 142 Å². The zero-order valence-electron chi connectivity index (χ0n) is 13.3. The average molecular weight is 347 g/mol. The highest BCUT2D eigenvalue weighted by molar-refractivity contribution is 7.90. The van der Waals surface area contributed by atoms with E-state index in [9.17, 15) is 18.3 Å². The number of aryl methyl sites for hydroxylation is 1. The van der Waals surface area contributed by atoms with Crippen LogP contribution in [0.3, 0.4) is 0 Å². The van der Waals surface area contributed by atoms with Crippen molar-refractivity contribution >= 4 is 15.8 Å². The van der Waals surface area contributed by atoms with Crippen LogP contribution in [-0.2, 0) is 26.8 Å².